The van der Waals surface area contributed by atoms with Gasteiger partial charge in [0.1, 0.15) is 11.6 Å². The molecule has 0 atom stereocenters. The summed E-state index contributed by atoms with van der Waals surface area (Å²) in [5.41, 5.74) is 5.30. The molecule has 9 nitrogen and oxygen atoms in total. The smallest absolute Gasteiger partial charge is 0.326 e. The maximum atomic E-state index is 12.1. The average Bonchev–Trinajstić information content (AvgIpc) is 3.29. The van der Waals surface area contributed by atoms with Crippen LogP contribution in [-0.2, 0) is 5.41 Å². The first-order valence-electron chi connectivity index (χ1n) is 8.65. The lowest BCUT2D eigenvalue weighted by Crippen LogP contribution is -2.20. The fourth-order valence-electron chi connectivity index (χ4n) is 2.14. The largest absolute Gasteiger partial charge is 0.441 e. The predicted octanol–water partition coefficient (Wildman–Crippen LogP) is 3.74. The summed E-state index contributed by atoms with van der Waals surface area (Å²) in [6.07, 6.45) is 8.19. The van der Waals surface area contributed by atoms with Gasteiger partial charge in [-0.05, 0) is 18.2 Å². The number of anilines is 2. The van der Waals surface area contributed by atoms with E-state index in [9.17, 15) is 9.59 Å². The SMILES string of the molecule is CC(C)(C)c1cnc(/C=C/c2cnc(NC(=O)Nc3ccc(C(N)=O)cn3)s2)o1. The van der Waals surface area contributed by atoms with Crippen LogP contribution in [0.3, 0.4) is 0 Å². The minimum absolute atomic E-state index is 0.108. The number of hydrogen-bond acceptors (Lipinski definition) is 7. The van der Waals surface area contributed by atoms with E-state index >= 15 is 0 Å². The van der Waals surface area contributed by atoms with Gasteiger partial charge in [-0.1, -0.05) is 32.1 Å². The number of pyridine rings is 1. The highest BCUT2D eigenvalue weighted by Crippen LogP contribution is 2.24. The van der Waals surface area contributed by atoms with Crippen molar-refractivity contribution in [1.29, 1.82) is 0 Å². The Balaban J connectivity index is 1.57. The van der Waals surface area contributed by atoms with Crippen molar-refractivity contribution >= 4 is 46.4 Å². The molecule has 3 aromatic rings. The zero-order chi connectivity index (χ0) is 21.0. The molecule has 10 heteroatoms. The number of thiazole rings is 1. The number of amides is 3. The number of nitrogens with one attached hydrogen (secondary N) is 2. The van der Waals surface area contributed by atoms with Gasteiger partial charge in [-0.25, -0.2) is 19.7 Å². The molecule has 0 bridgehead atoms. The van der Waals surface area contributed by atoms with Crippen molar-refractivity contribution in [2.75, 3.05) is 10.6 Å². The zero-order valence-electron chi connectivity index (χ0n) is 16.1. The van der Waals surface area contributed by atoms with Crippen LogP contribution >= 0.6 is 11.3 Å². The zero-order valence-corrected chi connectivity index (χ0v) is 16.9. The molecule has 0 aromatic carbocycles. The van der Waals surface area contributed by atoms with Gasteiger partial charge in [0.05, 0.1) is 11.8 Å². The molecular weight excluding hydrogens is 392 g/mol. The lowest BCUT2D eigenvalue weighted by Gasteiger charge is -2.12. The molecule has 0 radical (unpaired) electrons. The number of urea groups is 1. The second kappa shape index (κ2) is 8.23. The van der Waals surface area contributed by atoms with Gasteiger partial charge in [-0.15, -0.1) is 0 Å². The summed E-state index contributed by atoms with van der Waals surface area (Å²) >= 11 is 1.29. The summed E-state index contributed by atoms with van der Waals surface area (Å²) in [5.74, 6) is 0.998. The third-order valence-corrected chi connectivity index (χ3v) is 4.56. The summed E-state index contributed by atoms with van der Waals surface area (Å²) < 4.78 is 5.70. The van der Waals surface area contributed by atoms with E-state index in [4.69, 9.17) is 10.2 Å². The number of primary amides is 1. The normalized spacial score (nSPS) is 11.6. The monoisotopic (exact) mass is 412 g/mol. The van der Waals surface area contributed by atoms with Gasteiger partial charge in [0.2, 0.25) is 11.8 Å². The summed E-state index contributed by atoms with van der Waals surface area (Å²) in [4.78, 5) is 36.2. The molecule has 4 N–H and O–H groups in total. The number of oxazole rings is 1. The molecule has 0 unspecified atom stereocenters. The number of hydrogen-bond donors (Lipinski definition) is 3. The van der Waals surface area contributed by atoms with Crippen LogP contribution in [0.2, 0.25) is 0 Å². The number of carbonyl (C=O) groups is 2. The van der Waals surface area contributed by atoms with E-state index in [-0.39, 0.29) is 16.8 Å². The van der Waals surface area contributed by atoms with Gasteiger partial charge in [0.15, 0.2) is 5.13 Å². The van der Waals surface area contributed by atoms with Crippen molar-refractivity contribution in [3.8, 4) is 0 Å². The Morgan fingerprint density at radius 1 is 1.07 bits per heavy atom. The van der Waals surface area contributed by atoms with Gasteiger partial charge in [0, 0.05) is 28.8 Å². The molecule has 3 rings (SSSR count). The molecule has 0 saturated carbocycles. The highest BCUT2D eigenvalue weighted by atomic mass is 32.1. The summed E-state index contributed by atoms with van der Waals surface area (Å²) in [7, 11) is 0. The van der Waals surface area contributed by atoms with E-state index in [1.54, 1.807) is 18.5 Å². The minimum Gasteiger partial charge on any atom is -0.441 e. The quantitative estimate of drug-likeness (QED) is 0.584. The molecule has 0 fully saturated rings. The van der Waals surface area contributed by atoms with Gasteiger partial charge in [0.25, 0.3) is 0 Å². The number of rotatable bonds is 5. The first kappa shape index (κ1) is 20.2. The van der Waals surface area contributed by atoms with Crippen LogP contribution in [0.25, 0.3) is 12.2 Å². The van der Waals surface area contributed by atoms with Crippen LogP contribution < -0.4 is 16.4 Å². The number of nitrogens with zero attached hydrogens (tertiary/aromatic N) is 3. The molecule has 0 aliphatic heterocycles. The minimum atomic E-state index is -0.587. The van der Waals surface area contributed by atoms with Gasteiger partial charge in [-0.3, -0.25) is 15.4 Å². The Hall–Kier alpha value is -3.53. The fraction of sp³-hybridized carbons (Fsp3) is 0.211. The van der Waals surface area contributed by atoms with Gasteiger partial charge < -0.3 is 10.2 Å². The molecule has 3 amide bonds. The van der Waals surface area contributed by atoms with Crippen LogP contribution in [0, 0.1) is 0 Å². The number of carbonyl (C=O) groups excluding carboxylic acids is 2. The highest BCUT2D eigenvalue weighted by Gasteiger charge is 2.18. The van der Waals surface area contributed by atoms with Gasteiger partial charge >= 0.3 is 6.03 Å². The molecule has 3 heterocycles. The van der Waals surface area contributed by atoms with E-state index in [2.05, 4.69) is 46.4 Å². The topological polar surface area (TPSA) is 136 Å². The molecule has 150 valence electrons. The van der Waals surface area contributed by atoms with Crippen molar-refractivity contribution in [2.24, 2.45) is 5.73 Å². The van der Waals surface area contributed by atoms with Crippen LogP contribution in [0.1, 0.15) is 47.7 Å². The number of aromatic nitrogens is 3. The Bertz CT molecular complexity index is 1050. The van der Waals surface area contributed by atoms with Crippen LogP contribution in [0.5, 0.6) is 0 Å². The number of nitrogens with two attached hydrogens (primary N) is 1. The Kier molecular flexibility index (Phi) is 5.74. The molecule has 0 aliphatic carbocycles. The fourth-order valence-corrected chi connectivity index (χ4v) is 2.86. The second-order valence-corrected chi connectivity index (χ2v) is 8.15. The molecule has 0 saturated heterocycles. The van der Waals surface area contributed by atoms with Crippen molar-refractivity contribution in [3.05, 3.63) is 52.8 Å². The predicted molar refractivity (Wildman–Crippen MR) is 112 cm³/mol. The lowest BCUT2D eigenvalue weighted by molar-refractivity contribution is 0.1000. The van der Waals surface area contributed by atoms with E-state index in [0.717, 1.165) is 10.6 Å². The van der Waals surface area contributed by atoms with Crippen molar-refractivity contribution in [1.82, 2.24) is 15.0 Å². The molecule has 0 aliphatic rings. The van der Waals surface area contributed by atoms with E-state index < -0.39 is 11.9 Å². The highest BCUT2D eigenvalue weighted by molar-refractivity contribution is 7.16. The standard InChI is InChI=1S/C19H20N6O3S/c1-19(2,3)13-10-22-15(28-13)7-5-12-9-23-18(29-12)25-17(27)24-14-6-4-11(8-21-14)16(20)26/h4-10H,1-3H3,(H2,20,26)(H2,21,23,24,25,27)/b7-5+. The van der Waals surface area contributed by atoms with Crippen LogP contribution in [0.15, 0.2) is 35.1 Å². The van der Waals surface area contributed by atoms with E-state index in [1.807, 2.05) is 6.08 Å². The summed E-state index contributed by atoms with van der Waals surface area (Å²) in [5, 5.41) is 5.59. The Morgan fingerprint density at radius 3 is 2.48 bits per heavy atom. The third kappa shape index (κ3) is 5.48. The second-order valence-electron chi connectivity index (χ2n) is 7.09. The Morgan fingerprint density at radius 2 is 1.86 bits per heavy atom. The van der Waals surface area contributed by atoms with E-state index in [0.29, 0.717) is 11.0 Å². The van der Waals surface area contributed by atoms with Crippen molar-refractivity contribution < 1.29 is 14.0 Å². The van der Waals surface area contributed by atoms with Crippen molar-refractivity contribution in [2.45, 2.75) is 26.2 Å². The lowest BCUT2D eigenvalue weighted by atomic mass is 9.94. The van der Waals surface area contributed by atoms with Crippen molar-refractivity contribution in [3.63, 3.8) is 0 Å². The molecule has 3 aromatic heterocycles. The Labute approximate surface area is 171 Å². The molecule has 29 heavy (non-hydrogen) atoms. The third-order valence-electron chi connectivity index (χ3n) is 3.69. The maximum Gasteiger partial charge on any atom is 0.326 e. The van der Waals surface area contributed by atoms with Gasteiger partial charge in [-0.2, -0.15) is 0 Å². The average molecular weight is 412 g/mol. The molecular formula is C19H20N6O3S. The van der Waals surface area contributed by atoms with Crippen LogP contribution in [-0.4, -0.2) is 26.9 Å². The first-order chi connectivity index (χ1) is 13.7. The summed E-state index contributed by atoms with van der Waals surface area (Å²) in [6.45, 7) is 6.15. The maximum absolute atomic E-state index is 12.1. The first-order valence-corrected chi connectivity index (χ1v) is 9.46. The summed E-state index contributed by atoms with van der Waals surface area (Å²) in [6, 6.07) is 2.46. The molecule has 0 spiro atoms. The van der Waals surface area contributed by atoms with E-state index in [1.165, 1.54) is 29.7 Å². The van der Waals surface area contributed by atoms with Crippen LogP contribution in [0.4, 0.5) is 15.7 Å².